The number of carbonyl (C=O) groups is 1. The number of piperidine rings is 1. The van der Waals surface area contributed by atoms with Gasteiger partial charge in [0, 0.05) is 58.3 Å². The zero-order valence-electron chi connectivity index (χ0n) is 14.9. The smallest absolute Gasteiger partial charge is 0.317 e. The van der Waals surface area contributed by atoms with Crippen LogP contribution in [0.5, 0.6) is 0 Å². The van der Waals surface area contributed by atoms with Gasteiger partial charge in [-0.2, -0.15) is 4.98 Å². The van der Waals surface area contributed by atoms with E-state index in [1.165, 1.54) is 0 Å². The van der Waals surface area contributed by atoms with Crippen LogP contribution in [0.4, 0.5) is 10.6 Å². The molecule has 134 valence electrons. The summed E-state index contributed by atoms with van der Waals surface area (Å²) in [4.78, 5) is 25.0. The highest BCUT2D eigenvalue weighted by molar-refractivity contribution is 5.74. The highest BCUT2D eigenvalue weighted by atomic mass is 16.5. The van der Waals surface area contributed by atoms with E-state index in [0.717, 1.165) is 30.8 Å². The SMILES string of the molecule is Cc1nc(C2CCCN(C(=O)NCc3cccnc3N(C)C)C2)no1. The van der Waals surface area contributed by atoms with E-state index in [2.05, 4.69) is 20.4 Å². The molecule has 8 nitrogen and oxygen atoms in total. The second kappa shape index (κ2) is 7.50. The van der Waals surface area contributed by atoms with Crippen molar-refractivity contribution in [3.63, 3.8) is 0 Å². The molecule has 25 heavy (non-hydrogen) atoms. The number of hydrogen-bond acceptors (Lipinski definition) is 6. The predicted octanol–water partition coefficient (Wildman–Crippen LogP) is 1.93. The number of hydrogen-bond donors (Lipinski definition) is 1. The van der Waals surface area contributed by atoms with Crippen LogP contribution in [0.1, 0.15) is 36.0 Å². The molecule has 0 radical (unpaired) electrons. The van der Waals surface area contributed by atoms with Crippen molar-refractivity contribution >= 4 is 11.8 Å². The van der Waals surface area contributed by atoms with E-state index in [1.807, 2.05) is 36.0 Å². The first kappa shape index (κ1) is 17.2. The van der Waals surface area contributed by atoms with Crippen molar-refractivity contribution in [2.24, 2.45) is 0 Å². The van der Waals surface area contributed by atoms with Gasteiger partial charge in [-0.15, -0.1) is 0 Å². The van der Waals surface area contributed by atoms with Crippen molar-refractivity contribution in [3.05, 3.63) is 35.6 Å². The van der Waals surface area contributed by atoms with Gasteiger partial charge in [0.15, 0.2) is 5.82 Å². The Bertz CT molecular complexity index is 729. The fourth-order valence-corrected chi connectivity index (χ4v) is 3.11. The summed E-state index contributed by atoms with van der Waals surface area (Å²) in [5, 5.41) is 7.00. The molecule has 0 spiro atoms. The first-order valence-corrected chi connectivity index (χ1v) is 8.49. The van der Waals surface area contributed by atoms with Crippen molar-refractivity contribution < 1.29 is 9.32 Å². The molecular formula is C17H24N6O2. The standard InChI is InChI=1S/C17H24N6O2/c1-12-20-15(21-25-12)14-7-5-9-23(11-14)17(24)19-10-13-6-4-8-18-16(13)22(2)3/h4,6,8,14H,5,7,9-11H2,1-3H3,(H,19,24). The second-order valence-electron chi connectivity index (χ2n) is 6.50. The Kier molecular flexibility index (Phi) is 5.16. The van der Waals surface area contributed by atoms with Crippen LogP contribution in [0.15, 0.2) is 22.9 Å². The van der Waals surface area contributed by atoms with E-state index in [-0.39, 0.29) is 11.9 Å². The normalized spacial score (nSPS) is 17.4. The Morgan fingerprint density at radius 2 is 2.32 bits per heavy atom. The minimum absolute atomic E-state index is 0.0709. The monoisotopic (exact) mass is 344 g/mol. The van der Waals surface area contributed by atoms with Gasteiger partial charge in [0.05, 0.1) is 0 Å². The molecule has 2 aromatic heterocycles. The molecule has 1 aliphatic heterocycles. The second-order valence-corrected chi connectivity index (χ2v) is 6.50. The molecule has 3 rings (SSSR count). The number of carbonyl (C=O) groups excluding carboxylic acids is 1. The first-order chi connectivity index (χ1) is 12.0. The maximum Gasteiger partial charge on any atom is 0.317 e. The van der Waals surface area contributed by atoms with Crippen molar-refractivity contribution in [2.45, 2.75) is 32.2 Å². The van der Waals surface area contributed by atoms with E-state index in [9.17, 15) is 4.79 Å². The minimum atomic E-state index is -0.0709. The van der Waals surface area contributed by atoms with E-state index in [4.69, 9.17) is 4.52 Å². The number of amides is 2. The molecule has 0 bridgehead atoms. The molecule has 0 saturated carbocycles. The summed E-state index contributed by atoms with van der Waals surface area (Å²) in [6.07, 6.45) is 3.65. The Balaban J connectivity index is 1.60. The van der Waals surface area contributed by atoms with Gasteiger partial charge in [0.1, 0.15) is 5.82 Å². The van der Waals surface area contributed by atoms with Gasteiger partial charge in [0.2, 0.25) is 5.89 Å². The van der Waals surface area contributed by atoms with Gasteiger partial charge in [-0.05, 0) is 18.9 Å². The summed E-state index contributed by atoms with van der Waals surface area (Å²) < 4.78 is 5.06. The van der Waals surface area contributed by atoms with Crippen molar-refractivity contribution in [2.75, 3.05) is 32.1 Å². The highest BCUT2D eigenvalue weighted by Crippen LogP contribution is 2.25. The van der Waals surface area contributed by atoms with Crippen LogP contribution in [0.25, 0.3) is 0 Å². The van der Waals surface area contributed by atoms with Crippen LogP contribution in [0.2, 0.25) is 0 Å². The Morgan fingerprint density at radius 3 is 3.04 bits per heavy atom. The lowest BCUT2D eigenvalue weighted by molar-refractivity contribution is 0.177. The molecule has 2 aromatic rings. The molecule has 0 aromatic carbocycles. The van der Waals surface area contributed by atoms with Crippen LogP contribution in [-0.2, 0) is 6.54 Å². The van der Waals surface area contributed by atoms with Crippen molar-refractivity contribution in [1.29, 1.82) is 0 Å². The van der Waals surface area contributed by atoms with Crippen LogP contribution in [-0.4, -0.2) is 53.2 Å². The number of pyridine rings is 1. The summed E-state index contributed by atoms with van der Waals surface area (Å²) in [5.74, 6) is 2.25. The molecule has 1 N–H and O–H groups in total. The largest absolute Gasteiger partial charge is 0.362 e. The molecule has 1 atom stereocenters. The first-order valence-electron chi connectivity index (χ1n) is 8.49. The third kappa shape index (κ3) is 4.07. The maximum absolute atomic E-state index is 12.6. The van der Waals surface area contributed by atoms with E-state index < -0.39 is 0 Å². The Hall–Kier alpha value is -2.64. The molecule has 1 aliphatic rings. The molecule has 1 fully saturated rings. The molecule has 3 heterocycles. The van der Waals surface area contributed by atoms with E-state index in [0.29, 0.717) is 24.8 Å². The Morgan fingerprint density at radius 1 is 1.48 bits per heavy atom. The molecule has 8 heteroatoms. The number of rotatable bonds is 4. The fourth-order valence-electron chi connectivity index (χ4n) is 3.11. The van der Waals surface area contributed by atoms with Crippen LogP contribution >= 0.6 is 0 Å². The Labute approximate surface area is 147 Å². The molecular weight excluding hydrogens is 320 g/mol. The summed E-state index contributed by atoms with van der Waals surface area (Å²) in [6.45, 7) is 3.58. The zero-order chi connectivity index (χ0) is 17.8. The molecule has 2 amide bonds. The van der Waals surface area contributed by atoms with Crippen molar-refractivity contribution in [3.8, 4) is 0 Å². The lowest BCUT2D eigenvalue weighted by Crippen LogP contribution is -2.45. The topological polar surface area (TPSA) is 87.4 Å². The van der Waals surface area contributed by atoms with Crippen LogP contribution in [0.3, 0.4) is 0 Å². The number of anilines is 1. The number of aryl methyl sites for hydroxylation is 1. The summed E-state index contributed by atoms with van der Waals surface area (Å²) in [5.41, 5.74) is 0.989. The molecule has 1 unspecified atom stereocenters. The number of urea groups is 1. The van der Waals surface area contributed by atoms with Gasteiger partial charge in [0.25, 0.3) is 0 Å². The summed E-state index contributed by atoms with van der Waals surface area (Å²) in [6, 6.07) is 3.78. The third-order valence-electron chi connectivity index (χ3n) is 4.34. The highest BCUT2D eigenvalue weighted by Gasteiger charge is 2.27. The number of nitrogens with one attached hydrogen (secondary N) is 1. The molecule has 1 saturated heterocycles. The van der Waals surface area contributed by atoms with Gasteiger partial charge in [-0.3, -0.25) is 0 Å². The van der Waals surface area contributed by atoms with Gasteiger partial charge < -0.3 is 19.6 Å². The molecule has 0 aliphatic carbocycles. The maximum atomic E-state index is 12.6. The van der Waals surface area contributed by atoms with Crippen LogP contribution < -0.4 is 10.2 Å². The van der Waals surface area contributed by atoms with Crippen LogP contribution in [0, 0.1) is 6.92 Å². The zero-order valence-corrected chi connectivity index (χ0v) is 14.9. The van der Waals surface area contributed by atoms with Gasteiger partial charge >= 0.3 is 6.03 Å². The minimum Gasteiger partial charge on any atom is -0.362 e. The van der Waals surface area contributed by atoms with E-state index in [1.54, 1.807) is 13.1 Å². The van der Waals surface area contributed by atoms with Crippen molar-refractivity contribution in [1.82, 2.24) is 25.3 Å². The average Bonchev–Trinajstić information content (AvgIpc) is 3.06. The summed E-state index contributed by atoms with van der Waals surface area (Å²) in [7, 11) is 3.88. The van der Waals surface area contributed by atoms with Gasteiger partial charge in [-0.1, -0.05) is 11.2 Å². The third-order valence-corrected chi connectivity index (χ3v) is 4.34. The fraction of sp³-hybridized carbons (Fsp3) is 0.529. The number of likely N-dealkylation sites (tertiary alicyclic amines) is 1. The van der Waals surface area contributed by atoms with E-state index >= 15 is 0 Å². The lowest BCUT2D eigenvalue weighted by Gasteiger charge is -2.31. The number of nitrogens with zero attached hydrogens (tertiary/aromatic N) is 5. The summed E-state index contributed by atoms with van der Waals surface area (Å²) >= 11 is 0. The number of aromatic nitrogens is 3. The predicted molar refractivity (Wildman–Crippen MR) is 93.4 cm³/mol. The quantitative estimate of drug-likeness (QED) is 0.912. The lowest BCUT2D eigenvalue weighted by atomic mass is 9.98. The van der Waals surface area contributed by atoms with Gasteiger partial charge in [-0.25, -0.2) is 9.78 Å². The average molecular weight is 344 g/mol.